The number of allylic oxidation sites excluding steroid dienone is 3. The Balaban J connectivity index is 0.00000298. The van der Waals surface area contributed by atoms with E-state index in [2.05, 4.69) is 10.3 Å². The van der Waals surface area contributed by atoms with Gasteiger partial charge < -0.3 is 11.1 Å². The summed E-state index contributed by atoms with van der Waals surface area (Å²) in [6, 6.07) is 2.87. The molecule has 1 heterocycles. The van der Waals surface area contributed by atoms with Crippen LogP contribution < -0.4 is 16.6 Å². The molecule has 194 valence electrons. The average molecular weight is 507 g/mol. The van der Waals surface area contributed by atoms with Crippen LogP contribution in [-0.2, 0) is 17.8 Å². The van der Waals surface area contributed by atoms with Gasteiger partial charge in [-0.1, -0.05) is 26.0 Å². The summed E-state index contributed by atoms with van der Waals surface area (Å²) in [5.74, 6) is -0.857. The summed E-state index contributed by atoms with van der Waals surface area (Å²) in [6.45, 7) is 3.42. The van der Waals surface area contributed by atoms with Gasteiger partial charge in [-0.3, -0.25) is 14.2 Å². The molecule has 1 amide bonds. The summed E-state index contributed by atoms with van der Waals surface area (Å²) in [6.07, 6.45) is -8.56. The van der Waals surface area contributed by atoms with E-state index in [1.807, 2.05) is 19.9 Å². The van der Waals surface area contributed by atoms with E-state index in [0.29, 0.717) is 12.8 Å². The summed E-state index contributed by atoms with van der Waals surface area (Å²) < 4.78 is 75.7. The highest BCUT2D eigenvalue weighted by molar-refractivity contribution is 5.78. The quantitative estimate of drug-likeness (QED) is 0.385. The lowest BCUT2D eigenvalue weighted by Gasteiger charge is -2.15. The van der Waals surface area contributed by atoms with E-state index in [9.17, 15) is 35.9 Å². The molecule has 0 aliphatic heterocycles. The molecule has 0 atom stereocenters. The molecule has 0 saturated heterocycles. The molecule has 0 bridgehead atoms. The highest BCUT2D eigenvalue weighted by Gasteiger charge is 2.44. The molecule has 1 aromatic heterocycles. The Bertz CT molecular complexity index is 1030. The van der Waals surface area contributed by atoms with Gasteiger partial charge in [-0.05, 0) is 19.3 Å². The van der Waals surface area contributed by atoms with Crippen LogP contribution in [0, 0.1) is 11.3 Å². The number of nitrogens with two attached hydrogens (primary N) is 1. The minimum Gasteiger partial charge on any atom is -0.404 e. The van der Waals surface area contributed by atoms with Gasteiger partial charge in [0.2, 0.25) is 5.91 Å². The molecule has 1 saturated carbocycles. The number of aryl methyl sites for hydroxylation is 1. The number of amides is 1. The summed E-state index contributed by atoms with van der Waals surface area (Å²) in [7, 11) is 0. The smallest absolute Gasteiger partial charge is 0.392 e. The molecule has 1 aromatic rings. The first-order valence-corrected chi connectivity index (χ1v) is 10.8. The Morgan fingerprint density at radius 2 is 1.89 bits per heavy atom. The maximum Gasteiger partial charge on any atom is 0.392 e. The Morgan fingerprint density at radius 3 is 2.37 bits per heavy atom. The summed E-state index contributed by atoms with van der Waals surface area (Å²) in [4.78, 5) is 29.0. The van der Waals surface area contributed by atoms with Crippen LogP contribution in [0.1, 0.15) is 57.5 Å². The third kappa shape index (κ3) is 10.2. The number of hydrogen-bond acceptors (Lipinski definition) is 5. The van der Waals surface area contributed by atoms with Crippen molar-refractivity contribution in [2.75, 3.05) is 0 Å². The zero-order valence-electron chi connectivity index (χ0n) is 19.3. The molecule has 0 aromatic carbocycles. The molecule has 0 radical (unpaired) electrons. The van der Waals surface area contributed by atoms with Gasteiger partial charge >= 0.3 is 12.4 Å². The topological polar surface area (TPSA) is 114 Å². The van der Waals surface area contributed by atoms with Gasteiger partial charge in [0.05, 0.1) is 18.2 Å². The van der Waals surface area contributed by atoms with E-state index in [-0.39, 0.29) is 23.5 Å². The number of alkyl halides is 6. The molecule has 0 unspecified atom stereocenters. The number of aromatic nitrogens is 2. The fourth-order valence-corrected chi connectivity index (χ4v) is 2.89. The maximum absolute atomic E-state index is 12.6. The number of nitriles is 1. The van der Waals surface area contributed by atoms with E-state index in [1.165, 1.54) is 0 Å². The first-order chi connectivity index (χ1) is 16.3. The lowest BCUT2D eigenvalue weighted by molar-refractivity contribution is -0.135. The van der Waals surface area contributed by atoms with E-state index in [0.717, 1.165) is 29.0 Å². The first kappa shape index (κ1) is 29.7. The second-order valence-corrected chi connectivity index (χ2v) is 7.54. The molecule has 1 aliphatic rings. The molecule has 1 fully saturated rings. The zero-order chi connectivity index (χ0) is 26.9. The van der Waals surface area contributed by atoms with Crippen molar-refractivity contribution < 1.29 is 31.1 Å². The van der Waals surface area contributed by atoms with Crippen LogP contribution in [0.2, 0.25) is 0 Å². The molecule has 3 N–H and O–H groups in total. The number of nitrogens with one attached hydrogen (secondary N) is 1. The van der Waals surface area contributed by atoms with Gasteiger partial charge in [0.1, 0.15) is 17.9 Å². The van der Waals surface area contributed by atoms with Crippen molar-refractivity contribution in [3.8, 4) is 6.07 Å². The van der Waals surface area contributed by atoms with Crippen molar-refractivity contribution in [2.45, 2.75) is 76.8 Å². The van der Waals surface area contributed by atoms with Gasteiger partial charge in [-0.2, -0.15) is 31.6 Å². The number of rotatable bonds is 9. The Labute approximate surface area is 198 Å². The Kier molecular flexibility index (Phi) is 10.5. The highest BCUT2D eigenvalue weighted by atomic mass is 19.4. The second kappa shape index (κ2) is 12.4. The number of nitrogens with zero attached hydrogens (tertiary/aromatic N) is 3. The predicted molar refractivity (Wildman–Crippen MR) is 117 cm³/mol. The Hall–Kier alpha value is -3.30. The lowest BCUT2D eigenvalue weighted by atomic mass is 10.1. The summed E-state index contributed by atoms with van der Waals surface area (Å²) >= 11 is 0. The molecule has 35 heavy (non-hydrogen) atoms. The van der Waals surface area contributed by atoms with Crippen LogP contribution in [0.3, 0.4) is 0 Å². The monoisotopic (exact) mass is 507 g/mol. The van der Waals surface area contributed by atoms with Crippen LogP contribution in [0.25, 0.3) is 5.57 Å². The Morgan fingerprint density at radius 1 is 1.26 bits per heavy atom. The number of hydrogen-bond donors (Lipinski definition) is 2. The molecular formula is C22H27F6N5O2. The summed E-state index contributed by atoms with van der Waals surface area (Å²) in [5, 5.41) is 11.5. The fraction of sp³-hybridized carbons (Fsp3) is 0.545. The molecule has 13 heteroatoms. The van der Waals surface area contributed by atoms with Crippen molar-refractivity contribution in [1.29, 1.82) is 5.26 Å². The van der Waals surface area contributed by atoms with E-state index in [1.54, 1.807) is 0 Å². The zero-order valence-corrected chi connectivity index (χ0v) is 19.3. The van der Waals surface area contributed by atoms with Gasteiger partial charge in [0.25, 0.3) is 5.56 Å². The van der Waals surface area contributed by atoms with E-state index in [4.69, 9.17) is 11.0 Å². The van der Waals surface area contributed by atoms with Crippen LogP contribution in [0.15, 0.2) is 29.2 Å². The van der Waals surface area contributed by atoms with Crippen molar-refractivity contribution in [1.82, 2.24) is 14.9 Å². The first-order valence-electron chi connectivity index (χ1n) is 10.8. The molecular weight excluding hydrogens is 480 g/mol. The predicted octanol–water partition coefficient (Wildman–Crippen LogP) is 4.14. The summed E-state index contributed by atoms with van der Waals surface area (Å²) in [5.41, 5.74) is 3.43. The third-order valence-electron chi connectivity index (χ3n) is 4.71. The lowest BCUT2D eigenvalue weighted by Crippen LogP contribution is -2.40. The van der Waals surface area contributed by atoms with Crippen LogP contribution in [-0.4, -0.2) is 33.3 Å². The van der Waals surface area contributed by atoms with Crippen molar-refractivity contribution >= 4 is 11.5 Å². The van der Waals surface area contributed by atoms with Crippen LogP contribution >= 0.6 is 0 Å². The number of halogens is 6. The fourth-order valence-electron chi connectivity index (χ4n) is 2.89. The van der Waals surface area contributed by atoms with Gasteiger partial charge in [0.15, 0.2) is 0 Å². The third-order valence-corrected chi connectivity index (χ3v) is 4.71. The molecule has 2 rings (SSSR count). The SMILES string of the molecule is CC.N#CC1(NC(=O)Cn2c(CCCC(F)(F)F)nc(C(/C=C\CC(F)(F)F)=C/N)cc2=O)CC1. The standard InChI is InChI=1S/C20H21F6N5O2.C2H6/c21-19(22,23)5-1-3-13(10-27)14-9-17(33)31(11-16(32)30-18(12-28)7-8-18)15(29-14)4-2-6-20(24,25)26;1-2/h1,3,9-10H,2,4-8,11,27H2,(H,30,32);1-2H3/b3-1-,13-10+;. The van der Waals surface area contributed by atoms with Gasteiger partial charge in [0, 0.05) is 30.7 Å². The normalized spacial score (nSPS) is 15.2. The molecule has 7 nitrogen and oxygen atoms in total. The van der Waals surface area contributed by atoms with Crippen LogP contribution in [0.4, 0.5) is 26.3 Å². The number of carbonyl (C=O) groups excluding carboxylic acids is 1. The van der Waals surface area contributed by atoms with Gasteiger partial charge in [-0.25, -0.2) is 4.98 Å². The van der Waals surface area contributed by atoms with Gasteiger partial charge in [-0.15, -0.1) is 0 Å². The van der Waals surface area contributed by atoms with E-state index >= 15 is 0 Å². The maximum atomic E-state index is 12.6. The van der Waals surface area contributed by atoms with Crippen molar-refractivity contribution in [3.63, 3.8) is 0 Å². The largest absolute Gasteiger partial charge is 0.404 e. The molecule has 1 aliphatic carbocycles. The average Bonchev–Trinajstić information content (AvgIpc) is 3.53. The second-order valence-electron chi connectivity index (χ2n) is 7.54. The van der Waals surface area contributed by atoms with Crippen molar-refractivity contribution in [2.24, 2.45) is 5.73 Å². The minimum absolute atomic E-state index is 0.0496. The minimum atomic E-state index is -4.47. The number of carbonyl (C=O) groups is 1. The van der Waals surface area contributed by atoms with Crippen LogP contribution in [0.5, 0.6) is 0 Å². The van der Waals surface area contributed by atoms with E-state index < -0.39 is 55.2 Å². The van der Waals surface area contributed by atoms with Crippen molar-refractivity contribution in [3.05, 3.63) is 46.3 Å². The molecule has 0 spiro atoms. The highest BCUT2D eigenvalue weighted by Crippen LogP contribution is 2.34.